The molecule has 1 N–H and O–H groups in total. The third-order valence-electron chi connectivity index (χ3n) is 4.13. The number of likely N-dealkylation sites (tertiary alicyclic amines) is 1. The van der Waals surface area contributed by atoms with Crippen molar-refractivity contribution in [3.8, 4) is 5.75 Å². The molecule has 24 heavy (non-hydrogen) atoms. The van der Waals surface area contributed by atoms with Crippen molar-refractivity contribution in [2.75, 3.05) is 26.7 Å². The van der Waals surface area contributed by atoms with Crippen molar-refractivity contribution in [2.45, 2.75) is 38.9 Å². The molecule has 132 valence electrons. The third-order valence-corrected chi connectivity index (χ3v) is 4.13. The smallest absolute Gasteiger partial charge is 0.249 e. The summed E-state index contributed by atoms with van der Waals surface area (Å²) in [5.41, 5.74) is 0.929. The number of nitrogens with one attached hydrogen (secondary N) is 1. The van der Waals surface area contributed by atoms with E-state index in [0.717, 1.165) is 37.2 Å². The molecule has 1 heterocycles. The van der Waals surface area contributed by atoms with Gasteiger partial charge in [-0.1, -0.05) is 12.1 Å². The van der Waals surface area contributed by atoms with Gasteiger partial charge in [0.1, 0.15) is 11.9 Å². The van der Waals surface area contributed by atoms with E-state index in [1.54, 1.807) is 14.0 Å². The molecule has 0 radical (unpaired) electrons. The molecule has 0 saturated carbocycles. The fraction of sp³-hybridized carbons (Fsp3) is 0.556. The maximum absolute atomic E-state index is 12.0. The number of nitrogens with zero attached hydrogens (tertiary/aromatic N) is 1. The van der Waals surface area contributed by atoms with Crippen LogP contribution < -0.4 is 10.1 Å². The van der Waals surface area contributed by atoms with E-state index < -0.39 is 6.10 Å². The monoisotopic (exact) mass is 334 g/mol. The lowest BCUT2D eigenvalue weighted by atomic mass is 10.1. The summed E-state index contributed by atoms with van der Waals surface area (Å²) in [5, 5.41) is 2.66. The van der Waals surface area contributed by atoms with E-state index in [1.165, 1.54) is 6.42 Å². The minimum atomic E-state index is -0.620. The highest BCUT2D eigenvalue weighted by atomic mass is 16.5. The van der Waals surface area contributed by atoms with Gasteiger partial charge in [-0.05, 0) is 43.9 Å². The van der Waals surface area contributed by atoms with Gasteiger partial charge < -0.3 is 19.7 Å². The van der Waals surface area contributed by atoms with E-state index in [9.17, 15) is 9.59 Å². The van der Waals surface area contributed by atoms with Gasteiger partial charge in [0.15, 0.2) is 0 Å². The largest absolute Gasteiger partial charge is 0.497 e. The molecule has 0 spiro atoms. The number of benzene rings is 1. The van der Waals surface area contributed by atoms with Gasteiger partial charge in [0.05, 0.1) is 20.3 Å². The van der Waals surface area contributed by atoms with E-state index in [-0.39, 0.29) is 18.4 Å². The zero-order valence-corrected chi connectivity index (χ0v) is 14.4. The van der Waals surface area contributed by atoms with Crippen LogP contribution in [0.1, 0.15) is 31.7 Å². The Morgan fingerprint density at radius 3 is 2.71 bits per heavy atom. The number of carbonyl (C=O) groups excluding carboxylic acids is 2. The third kappa shape index (κ3) is 5.53. The van der Waals surface area contributed by atoms with Crippen molar-refractivity contribution in [2.24, 2.45) is 0 Å². The number of piperidine rings is 1. The van der Waals surface area contributed by atoms with Gasteiger partial charge in [-0.25, -0.2) is 0 Å². The minimum absolute atomic E-state index is 0.0250. The zero-order valence-electron chi connectivity index (χ0n) is 14.4. The molecule has 0 aromatic heterocycles. The van der Waals surface area contributed by atoms with Gasteiger partial charge in [-0.15, -0.1) is 0 Å². The molecule has 0 aliphatic carbocycles. The molecule has 1 saturated heterocycles. The molecule has 1 fully saturated rings. The van der Waals surface area contributed by atoms with Gasteiger partial charge in [-0.3, -0.25) is 9.59 Å². The predicted molar refractivity (Wildman–Crippen MR) is 90.7 cm³/mol. The second-order valence-corrected chi connectivity index (χ2v) is 5.96. The van der Waals surface area contributed by atoms with E-state index in [4.69, 9.17) is 9.47 Å². The summed E-state index contributed by atoms with van der Waals surface area (Å²) in [7, 11) is 1.61. The van der Waals surface area contributed by atoms with Crippen LogP contribution in [0.2, 0.25) is 0 Å². The lowest BCUT2D eigenvalue weighted by molar-refractivity contribution is -0.137. The van der Waals surface area contributed by atoms with E-state index >= 15 is 0 Å². The Balaban J connectivity index is 1.72. The van der Waals surface area contributed by atoms with Gasteiger partial charge in [0.2, 0.25) is 11.8 Å². The number of rotatable bonds is 7. The highest BCUT2D eigenvalue weighted by molar-refractivity contribution is 5.86. The van der Waals surface area contributed by atoms with Gasteiger partial charge in [0.25, 0.3) is 0 Å². The first-order valence-corrected chi connectivity index (χ1v) is 8.40. The van der Waals surface area contributed by atoms with Crippen molar-refractivity contribution < 1.29 is 19.1 Å². The molecule has 0 bridgehead atoms. The standard InChI is InChI=1S/C18H26N2O4/c1-14(24-13-15-7-6-8-16(11-15)23-2)18(22)19-12-17(21)20-9-4-3-5-10-20/h6-8,11,14H,3-5,9-10,12-13H2,1-2H3,(H,19,22)/t14-/m0/s1. The van der Waals surface area contributed by atoms with Crippen LogP contribution in [0.15, 0.2) is 24.3 Å². The molecule has 2 amide bonds. The number of hydrogen-bond acceptors (Lipinski definition) is 4. The molecule has 1 aliphatic heterocycles. The maximum atomic E-state index is 12.0. The molecular formula is C18H26N2O4. The fourth-order valence-corrected chi connectivity index (χ4v) is 2.62. The molecular weight excluding hydrogens is 308 g/mol. The molecule has 0 unspecified atom stereocenters. The van der Waals surface area contributed by atoms with E-state index in [1.807, 2.05) is 29.2 Å². The zero-order chi connectivity index (χ0) is 17.4. The van der Waals surface area contributed by atoms with Crippen LogP contribution in [-0.2, 0) is 20.9 Å². The Labute approximate surface area is 143 Å². The summed E-state index contributed by atoms with van der Waals surface area (Å²) in [6, 6.07) is 7.50. The van der Waals surface area contributed by atoms with Crippen LogP contribution in [0.5, 0.6) is 5.75 Å². The van der Waals surface area contributed by atoms with Crippen LogP contribution >= 0.6 is 0 Å². The van der Waals surface area contributed by atoms with E-state index in [2.05, 4.69) is 5.32 Å². The first kappa shape index (κ1) is 18.3. The highest BCUT2D eigenvalue weighted by Gasteiger charge is 2.19. The Morgan fingerprint density at radius 2 is 2.00 bits per heavy atom. The first-order chi connectivity index (χ1) is 11.6. The topological polar surface area (TPSA) is 67.9 Å². The molecule has 1 atom stereocenters. The van der Waals surface area contributed by atoms with Gasteiger partial charge >= 0.3 is 0 Å². The predicted octanol–water partition coefficient (Wildman–Crippen LogP) is 1.73. The van der Waals surface area contributed by atoms with Crippen LogP contribution in [0.4, 0.5) is 0 Å². The fourth-order valence-electron chi connectivity index (χ4n) is 2.62. The summed E-state index contributed by atoms with van der Waals surface area (Å²) >= 11 is 0. The lowest BCUT2D eigenvalue weighted by Crippen LogP contribution is -2.44. The Hall–Kier alpha value is -2.08. The Bertz CT molecular complexity index is 556. The number of ether oxygens (including phenoxy) is 2. The maximum Gasteiger partial charge on any atom is 0.249 e. The lowest BCUT2D eigenvalue weighted by Gasteiger charge is -2.27. The molecule has 1 aliphatic rings. The summed E-state index contributed by atoms with van der Waals surface area (Å²) in [6.45, 7) is 3.60. The van der Waals surface area contributed by atoms with Gasteiger partial charge in [0, 0.05) is 13.1 Å². The van der Waals surface area contributed by atoms with Crippen molar-refractivity contribution in [3.63, 3.8) is 0 Å². The molecule has 1 aromatic carbocycles. The Kier molecular flexibility index (Phi) is 7.06. The average Bonchev–Trinajstić information content (AvgIpc) is 2.64. The number of methoxy groups -OCH3 is 1. The molecule has 6 heteroatoms. The number of amides is 2. The molecule has 2 rings (SSSR count). The Morgan fingerprint density at radius 1 is 1.25 bits per heavy atom. The van der Waals surface area contributed by atoms with Crippen LogP contribution in [-0.4, -0.2) is 49.6 Å². The summed E-state index contributed by atoms with van der Waals surface area (Å²) in [4.78, 5) is 25.9. The molecule has 1 aromatic rings. The summed E-state index contributed by atoms with van der Waals surface area (Å²) in [5.74, 6) is 0.451. The molecule has 6 nitrogen and oxygen atoms in total. The van der Waals surface area contributed by atoms with Crippen LogP contribution in [0.3, 0.4) is 0 Å². The van der Waals surface area contributed by atoms with Crippen molar-refractivity contribution in [1.82, 2.24) is 10.2 Å². The highest BCUT2D eigenvalue weighted by Crippen LogP contribution is 2.14. The van der Waals surface area contributed by atoms with Crippen LogP contribution in [0.25, 0.3) is 0 Å². The first-order valence-electron chi connectivity index (χ1n) is 8.40. The minimum Gasteiger partial charge on any atom is -0.497 e. The van der Waals surface area contributed by atoms with Gasteiger partial charge in [-0.2, -0.15) is 0 Å². The van der Waals surface area contributed by atoms with Crippen molar-refractivity contribution >= 4 is 11.8 Å². The SMILES string of the molecule is COc1cccc(CO[C@@H](C)C(=O)NCC(=O)N2CCCCC2)c1. The average molecular weight is 334 g/mol. The quantitative estimate of drug-likeness (QED) is 0.824. The van der Waals surface area contributed by atoms with Crippen LogP contribution in [0, 0.1) is 0 Å². The summed E-state index contributed by atoms with van der Waals surface area (Å²) in [6.07, 6.45) is 2.63. The summed E-state index contributed by atoms with van der Waals surface area (Å²) < 4.78 is 10.7. The second-order valence-electron chi connectivity index (χ2n) is 5.96. The van der Waals surface area contributed by atoms with E-state index in [0.29, 0.717) is 6.61 Å². The van der Waals surface area contributed by atoms with Crippen molar-refractivity contribution in [3.05, 3.63) is 29.8 Å². The normalized spacial score (nSPS) is 15.7. The van der Waals surface area contributed by atoms with Crippen molar-refractivity contribution in [1.29, 1.82) is 0 Å². The second kappa shape index (κ2) is 9.27. The number of carbonyl (C=O) groups is 2. The number of hydrogen-bond donors (Lipinski definition) is 1.